The Morgan fingerprint density at radius 2 is 2.00 bits per heavy atom. The highest BCUT2D eigenvalue weighted by atomic mass is 16.3. The van der Waals surface area contributed by atoms with E-state index in [9.17, 15) is 5.11 Å². The molecule has 0 radical (unpaired) electrons. The van der Waals surface area contributed by atoms with Crippen molar-refractivity contribution in [3.05, 3.63) is 0 Å². The van der Waals surface area contributed by atoms with E-state index < -0.39 is 0 Å². The molecule has 0 amide bonds. The van der Waals surface area contributed by atoms with E-state index in [1.54, 1.807) is 0 Å². The smallest absolute Gasteiger partial charge is 0.0464 e. The van der Waals surface area contributed by atoms with Gasteiger partial charge >= 0.3 is 0 Å². The lowest BCUT2D eigenvalue weighted by molar-refractivity contribution is 0.0729. The van der Waals surface area contributed by atoms with Crippen molar-refractivity contribution >= 4 is 0 Å². The van der Waals surface area contributed by atoms with Gasteiger partial charge in [-0.1, -0.05) is 19.8 Å². The molecule has 72 valence electrons. The first-order valence-corrected chi connectivity index (χ1v) is 5.01. The molecule has 1 rings (SSSR count). The van der Waals surface area contributed by atoms with Crippen molar-refractivity contribution in [2.75, 3.05) is 13.2 Å². The monoisotopic (exact) mass is 172 g/mol. The van der Waals surface area contributed by atoms with Gasteiger partial charge in [0.05, 0.1) is 0 Å². The predicted octanol–water partition coefficient (Wildman–Crippen LogP) is 1.41. The Morgan fingerprint density at radius 3 is 2.58 bits per heavy atom. The zero-order valence-electron chi connectivity index (χ0n) is 7.87. The second-order valence-electron chi connectivity index (χ2n) is 4.03. The quantitative estimate of drug-likeness (QED) is 0.676. The van der Waals surface area contributed by atoms with Crippen molar-refractivity contribution in [2.45, 2.75) is 32.6 Å². The SMILES string of the molecule is C[C@H]1CCC[C@@H](CCO)[C@@H]1CO. The summed E-state index contributed by atoms with van der Waals surface area (Å²) in [6, 6.07) is 0. The Kier molecular flexibility index (Phi) is 4.02. The van der Waals surface area contributed by atoms with Crippen molar-refractivity contribution < 1.29 is 10.2 Å². The van der Waals surface area contributed by atoms with Crippen molar-refractivity contribution in [3.63, 3.8) is 0 Å². The summed E-state index contributed by atoms with van der Waals surface area (Å²) in [6.45, 7) is 2.78. The molecule has 0 aromatic carbocycles. The summed E-state index contributed by atoms with van der Waals surface area (Å²) in [7, 11) is 0. The van der Waals surface area contributed by atoms with Crippen LogP contribution in [0, 0.1) is 17.8 Å². The molecule has 0 spiro atoms. The van der Waals surface area contributed by atoms with E-state index in [0.29, 0.717) is 24.4 Å². The van der Waals surface area contributed by atoms with Crippen LogP contribution >= 0.6 is 0 Å². The third-order valence-corrected chi connectivity index (χ3v) is 3.28. The van der Waals surface area contributed by atoms with Gasteiger partial charge in [-0.15, -0.1) is 0 Å². The number of hydrogen-bond donors (Lipinski definition) is 2. The minimum Gasteiger partial charge on any atom is -0.396 e. The van der Waals surface area contributed by atoms with Gasteiger partial charge in [-0.25, -0.2) is 0 Å². The second kappa shape index (κ2) is 4.83. The summed E-state index contributed by atoms with van der Waals surface area (Å²) < 4.78 is 0. The van der Waals surface area contributed by atoms with E-state index >= 15 is 0 Å². The van der Waals surface area contributed by atoms with Gasteiger partial charge in [0.25, 0.3) is 0 Å². The zero-order valence-corrected chi connectivity index (χ0v) is 7.87. The molecule has 3 atom stereocenters. The maximum absolute atomic E-state index is 9.18. The van der Waals surface area contributed by atoms with Gasteiger partial charge in [0, 0.05) is 13.2 Å². The van der Waals surface area contributed by atoms with E-state index in [2.05, 4.69) is 6.92 Å². The fourth-order valence-electron chi connectivity index (χ4n) is 2.45. The maximum Gasteiger partial charge on any atom is 0.0464 e. The second-order valence-corrected chi connectivity index (χ2v) is 4.03. The molecule has 2 nitrogen and oxygen atoms in total. The highest BCUT2D eigenvalue weighted by molar-refractivity contribution is 4.79. The summed E-state index contributed by atoms with van der Waals surface area (Å²) in [6.07, 6.45) is 4.57. The van der Waals surface area contributed by atoms with E-state index in [4.69, 9.17) is 5.11 Å². The Bertz CT molecular complexity index is 123. The number of hydrogen-bond acceptors (Lipinski definition) is 2. The molecule has 1 fully saturated rings. The Morgan fingerprint density at radius 1 is 1.25 bits per heavy atom. The largest absolute Gasteiger partial charge is 0.396 e. The van der Waals surface area contributed by atoms with Crippen LogP contribution in [-0.4, -0.2) is 23.4 Å². The molecule has 1 aliphatic rings. The van der Waals surface area contributed by atoms with Crippen molar-refractivity contribution in [3.8, 4) is 0 Å². The van der Waals surface area contributed by atoms with E-state index in [0.717, 1.165) is 6.42 Å². The lowest BCUT2D eigenvalue weighted by Crippen LogP contribution is -2.30. The summed E-state index contributed by atoms with van der Waals surface area (Å²) in [4.78, 5) is 0. The van der Waals surface area contributed by atoms with Crippen molar-refractivity contribution in [1.82, 2.24) is 0 Å². The molecular formula is C10H20O2. The summed E-state index contributed by atoms with van der Waals surface area (Å²) in [5.74, 6) is 1.63. The molecule has 1 saturated carbocycles. The average molecular weight is 172 g/mol. The summed E-state index contributed by atoms with van der Waals surface area (Å²) in [5.41, 5.74) is 0. The number of aliphatic hydroxyl groups is 2. The Balaban J connectivity index is 2.45. The molecule has 2 heteroatoms. The fourth-order valence-corrected chi connectivity index (χ4v) is 2.45. The van der Waals surface area contributed by atoms with E-state index in [1.807, 2.05) is 0 Å². The van der Waals surface area contributed by atoms with Crippen LogP contribution in [0.4, 0.5) is 0 Å². The zero-order chi connectivity index (χ0) is 8.97. The number of aliphatic hydroxyl groups excluding tert-OH is 2. The lowest BCUT2D eigenvalue weighted by atomic mass is 9.72. The fraction of sp³-hybridized carbons (Fsp3) is 1.00. The molecule has 1 aliphatic carbocycles. The third-order valence-electron chi connectivity index (χ3n) is 3.28. The van der Waals surface area contributed by atoms with Crippen molar-refractivity contribution in [2.24, 2.45) is 17.8 Å². The third kappa shape index (κ3) is 2.20. The molecule has 12 heavy (non-hydrogen) atoms. The highest BCUT2D eigenvalue weighted by Crippen LogP contribution is 2.35. The topological polar surface area (TPSA) is 40.5 Å². The minimum atomic E-state index is 0.272. The normalized spacial score (nSPS) is 36.8. The standard InChI is InChI=1S/C10H20O2/c1-8-3-2-4-9(5-6-11)10(8)7-12/h8-12H,2-7H2,1H3/t8-,9-,10+/m0/s1. The van der Waals surface area contributed by atoms with Gasteiger partial charge in [-0.05, 0) is 30.6 Å². The first kappa shape index (κ1) is 10.0. The van der Waals surface area contributed by atoms with Gasteiger partial charge in [-0.2, -0.15) is 0 Å². The molecule has 2 N–H and O–H groups in total. The molecule has 0 aromatic rings. The Labute approximate surface area is 74.6 Å². The first-order chi connectivity index (χ1) is 5.79. The van der Waals surface area contributed by atoms with Gasteiger partial charge in [-0.3, -0.25) is 0 Å². The molecule has 0 heterocycles. The first-order valence-electron chi connectivity index (χ1n) is 5.01. The van der Waals surface area contributed by atoms with Crippen molar-refractivity contribution in [1.29, 1.82) is 0 Å². The van der Waals surface area contributed by atoms with E-state index in [1.165, 1.54) is 19.3 Å². The van der Waals surface area contributed by atoms with Crippen LogP contribution in [0.25, 0.3) is 0 Å². The highest BCUT2D eigenvalue weighted by Gasteiger charge is 2.29. The maximum atomic E-state index is 9.18. The van der Waals surface area contributed by atoms with Crippen LogP contribution in [-0.2, 0) is 0 Å². The Hall–Kier alpha value is -0.0800. The molecule has 0 aliphatic heterocycles. The summed E-state index contributed by atoms with van der Waals surface area (Å²) in [5, 5.41) is 18.0. The predicted molar refractivity (Wildman–Crippen MR) is 48.8 cm³/mol. The minimum absolute atomic E-state index is 0.272. The molecular weight excluding hydrogens is 152 g/mol. The lowest BCUT2D eigenvalue weighted by Gasteiger charge is -2.35. The van der Waals surface area contributed by atoms with Gasteiger partial charge in [0.1, 0.15) is 0 Å². The molecule has 0 unspecified atom stereocenters. The van der Waals surface area contributed by atoms with Crippen LogP contribution in [0.15, 0.2) is 0 Å². The van der Waals surface area contributed by atoms with Crippen LogP contribution in [0.1, 0.15) is 32.6 Å². The van der Waals surface area contributed by atoms with E-state index in [-0.39, 0.29) is 6.61 Å². The molecule has 0 aromatic heterocycles. The van der Waals surface area contributed by atoms with Crippen LogP contribution in [0.5, 0.6) is 0 Å². The summed E-state index contributed by atoms with van der Waals surface area (Å²) >= 11 is 0. The molecule has 0 bridgehead atoms. The van der Waals surface area contributed by atoms with Gasteiger partial charge in [0.15, 0.2) is 0 Å². The number of rotatable bonds is 3. The van der Waals surface area contributed by atoms with Gasteiger partial charge in [0.2, 0.25) is 0 Å². The molecule has 0 saturated heterocycles. The average Bonchev–Trinajstić information content (AvgIpc) is 2.05. The van der Waals surface area contributed by atoms with Crippen LogP contribution < -0.4 is 0 Å². The van der Waals surface area contributed by atoms with Crippen LogP contribution in [0.3, 0.4) is 0 Å². The van der Waals surface area contributed by atoms with Gasteiger partial charge < -0.3 is 10.2 Å². The van der Waals surface area contributed by atoms with Crippen LogP contribution in [0.2, 0.25) is 0 Å².